The van der Waals surface area contributed by atoms with Gasteiger partial charge in [0.2, 0.25) is 0 Å². The van der Waals surface area contributed by atoms with E-state index < -0.39 is 18.3 Å². The lowest BCUT2D eigenvalue weighted by Crippen LogP contribution is -2.61. The summed E-state index contributed by atoms with van der Waals surface area (Å²) < 4.78 is 6.07. The molecule has 20 heavy (non-hydrogen) atoms. The summed E-state index contributed by atoms with van der Waals surface area (Å²) in [5, 5.41) is 1.81. The van der Waals surface area contributed by atoms with E-state index in [4.69, 9.17) is 4.12 Å². The molecule has 0 radical (unpaired) electrons. The van der Waals surface area contributed by atoms with Crippen molar-refractivity contribution in [2.45, 2.75) is 13.8 Å². The maximum atomic E-state index is 11.2. The summed E-state index contributed by atoms with van der Waals surface area (Å²) in [7, 11) is -3.93. The number of allylic oxidation sites excluding steroid dienone is 1. The van der Waals surface area contributed by atoms with E-state index in [-0.39, 0.29) is 0 Å². The van der Waals surface area contributed by atoms with E-state index in [0.29, 0.717) is 0 Å². The quantitative estimate of drug-likeness (QED) is 0.843. The molecular weight excluding hydrogens is 280 g/mol. The molecule has 0 saturated carbocycles. The van der Waals surface area contributed by atoms with Gasteiger partial charge >= 0.3 is 8.56 Å². The van der Waals surface area contributed by atoms with Gasteiger partial charge in [-0.05, 0) is 24.2 Å². The Morgan fingerprint density at radius 1 is 0.950 bits per heavy atom. The van der Waals surface area contributed by atoms with Gasteiger partial charge < -0.3 is 8.91 Å². The Balaban J connectivity index is 2.36. The molecule has 0 spiro atoms. The van der Waals surface area contributed by atoms with Crippen LogP contribution in [-0.4, -0.2) is 23.1 Å². The van der Waals surface area contributed by atoms with Crippen LogP contribution in [0.3, 0.4) is 0 Å². The van der Waals surface area contributed by atoms with Crippen molar-refractivity contribution in [1.82, 2.24) is 0 Å². The molecule has 0 aliphatic heterocycles. The van der Waals surface area contributed by atoms with Gasteiger partial charge in [-0.25, -0.2) is 0 Å². The average Bonchev–Trinajstić information content (AvgIpc) is 2.48. The second-order valence-electron chi connectivity index (χ2n) is 4.97. The fourth-order valence-corrected chi connectivity index (χ4v) is 6.58. The van der Waals surface area contributed by atoms with Gasteiger partial charge in [0.25, 0.3) is 0 Å². The lowest BCUT2D eigenvalue weighted by molar-refractivity contribution is 0.426. The SMILES string of the molecule is CC(C)=C[SiH2]O[Si](O)(c1ccccc1)c1ccccc1. The van der Waals surface area contributed by atoms with Gasteiger partial charge in [0, 0.05) is 0 Å². The van der Waals surface area contributed by atoms with Gasteiger partial charge in [-0.1, -0.05) is 71.9 Å². The third-order valence-corrected chi connectivity index (χ3v) is 8.67. The summed E-state index contributed by atoms with van der Waals surface area (Å²) in [4.78, 5) is 11.2. The van der Waals surface area contributed by atoms with Crippen molar-refractivity contribution < 1.29 is 8.91 Å². The second-order valence-corrected chi connectivity index (χ2v) is 9.31. The van der Waals surface area contributed by atoms with Crippen LogP contribution in [0.25, 0.3) is 0 Å². The largest absolute Gasteiger partial charge is 0.431 e. The minimum absolute atomic E-state index is 0.878. The average molecular weight is 301 g/mol. The molecule has 104 valence electrons. The summed E-state index contributed by atoms with van der Waals surface area (Å²) >= 11 is 0. The highest BCUT2D eigenvalue weighted by Gasteiger charge is 2.37. The predicted octanol–water partition coefficient (Wildman–Crippen LogP) is 1.26. The minimum Gasteiger partial charge on any atom is -0.431 e. The summed E-state index contributed by atoms with van der Waals surface area (Å²) in [5.41, 5.74) is 3.37. The van der Waals surface area contributed by atoms with Gasteiger partial charge in [-0.15, -0.1) is 0 Å². The first-order valence-corrected chi connectivity index (χ1v) is 9.98. The van der Waals surface area contributed by atoms with E-state index in [1.165, 1.54) is 5.57 Å². The molecule has 4 heteroatoms. The Morgan fingerprint density at radius 3 is 1.80 bits per heavy atom. The first-order valence-electron chi connectivity index (χ1n) is 6.73. The molecule has 0 heterocycles. The minimum atomic E-state index is -3.05. The highest BCUT2D eigenvalue weighted by molar-refractivity contribution is 6.94. The lowest BCUT2D eigenvalue weighted by Gasteiger charge is -2.25. The molecular formula is C16H20O2Si2. The number of hydrogen-bond acceptors (Lipinski definition) is 2. The van der Waals surface area contributed by atoms with Gasteiger partial charge in [-0.3, -0.25) is 0 Å². The van der Waals surface area contributed by atoms with Crippen LogP contribution in [0.1, 0.15) is 13.8 Å². The van der Waals surface area contributed by atoms with Crippen molar-refractivity contribution in [2.75, 3.05) is 0 Å². The third kappa shape index (κ3) is 3.55. The molecule has 2 nitrogen and oxygen atoms in total. The highest BCUT2D eigenvalue weighted by Crippen LogP contribution is 2.04. The van der Waals surface area contributed by atoms with E-state index in [2.05, 4.69) is 19.5 Å². The molecule has 2 aromatic rings. The molecule has 1 N–H and O–H groups in total. The van der Waals surface area contributed by atoms with E-state index in [0.717, 1.165) is 10.4 Å². The zero-order valence-corrected chi connectivity index (χ0v) is 14.3. The highest BCUT2D eigenvalue weighted by atomic mass is 28.4. The summed E-state index contributed by atoms with van der Waals surface area (Å²) in [6.07, 6.45) is 0. The van der Waals surface area contributed by atoms with Gasteiger partial charge in [0.15, 0.2) is 9.76 Å². The van der Waals surface area contributed by atoms with Crippen molar-refractivity contribution in [3.8, 4) is 0 Å². The van der Waals surface area contributed by atoms with E-state index >= 15 is 0 Å². The van der Waals surface area contributed by atoms with Crippen LogP contribution in [0.4, 0.5) is 0 Å². The lowest BCUT2D eigenvalue weighted by atomic mass is 10.4. The molecule has 0 bridgehead atoms. The molecule has 0 atom stereocenters. The molecule has 0 aliphatic rings. The standard InChI is InChI=1S/C16H20O2Si2/c1-14(2)13-19-18-20(17,15-9-5-3-6-10-15)16-11-7-4-8-12-16/h3-13,17H,19H2,1-2H3. The van der Waals surface area contributed by atoms with Crippen molar-refractivity contribution in [3.63, 3.8) is 0 Å². The normalized spacial score (nSPS) is 11.8. The van der Waals surface area contributed by atoms with Crippen LogP contribution in [0.2, 0.25) is 0 Å². The Morgan fingerprint density at radius 2 is 1.40 bits per heavy atom. The number of hydrogen-bond donors (Lipinski definition) is 1. The summed E-state index contributed by atoms with van der Waals surface area (Å²) in [6, 6.07) is 19.5. The molecule has 0 aromatic heterocycles. The topological polar surface area (TPSA) is 29.5 Å². The number of benzene rings is 2. The Hall–Kier alpha value is -1.47. The van der Waals surface area contributed by atoms with Crippen LogP contribution in [-0.2, 0) is 4.12 Å². The smallest absolute Gasteiger partial charge is 0.393 e. The predicted molar refractivity (Wildman–Crippen MR) is 89.2 cm³/mol. The van der Waals surface area contributed by atoms with Crippen LogP contribution in [0, 0.1) is 0 Å². The zero-order valence-electron chi connectivity index (χ0n) is 11.9. The van der Waals surface area contributed by atoms with E-state index in [1.54, 1.807) is 0 Å². The van der Waals surface area contributed by atoms with Crippen molar-refractivity contribution >= 4 is 28.7 Å². The fourth-order valence-electron chi connectivity index (χ4n) is 1.99. The summed E-state index contributed by atoms with van der Waals surface area (Å²) in [5.74, 6) is 0. The molecule has 2 aromatic carbocycles. The second kappa shape index (κ2) is 6.81. The first kappa shape index (κ1) is 14.9. The van der Waals surface area contributed by atoms with Crippen LogP contribution < -0.4 is 10.4 Å². The summed E-state index contributed by atoms with van der Waals surface area (Å²) in [6.45, 7) is 4.12. The maximum absolute atomic E-state index is 11.2. The molecule has 0 saturated heterocycles. The van der Waals surface area contributed by atoms with Crippen LogP contribution in [0.5, 0.6) is 0 Å². The Kier molecular flexibility index (Phi) is 5.08. The third-order valence-electron chi connectivity index (χ3n) is 3.11. The monoisotopic (exact) mass is 300 g/mol. The van der Waals surface area contributed by atoms with Gasteiger partial charge in [0.1, 0.15) is 0 Å². The molecule has 0 unspecified atom stereocenters. The van der Waals surface area contributed by atoms with E-state index in [9.17, 15) is 4.80 Å². The molecule has 0 fully saturated rings. The zero-order chi connectivity index (χ0) is 14.4. The van der Waals surface area contributed by atoms with Crippen molar-refractivity contribution in [3.05, 3.63) is 71.9 Å². The molecule has 0 aliphatic carbocycles. The Labute approximate surface area is 123 Å². The van der Waals surface area contributed by atoms with Crippen LogP contribution >= 0.6 is 0 Å². The van der Waals surface area contributed by atoms with Gasteiger partial charge in [0.05, 0.1) is 0 Å². The maximum Gasteiger partial charge on any atom is 0.393 e. The van der Waals surface area contributed by atoms with Crippen molar-refractivity contribution in [2.24, 2.45) is 0 Å². The van der Waals surface area contributed by atoms with Crippen LogP contribution in [0.15, 0.2) is 71.9 Å². The van der Waals surface area contributed by atoms with Gasteiger partial charge in [-0.2, -0.15) is 0 Å². The molecule has 0 amide bonds. The first-order chi connectivity index (χ1) is 9.63. The number of rotatable bonds is 5. The van der Waals surface area contributed by atoms with E-state index in [1.807, 2.05) is 60.7 Å². The fraction of sp³-hybridized carbons (Fsp3) is 0.125. The van der Waals surface area contributed by atoms with Crippen molar-refractivity contribution in [1.29, 1.82) is 0 Å². The molecule has 2 rings (SSSR count). The Bertz CT molecular complexity index is 524.